The number of nitrogens with two attached hydrogens (primary N) is 1. The second-order valence-corrected chi connectivity index (χ2v) is 4.17. The molecule has 1 aromatic heterocycles. The molecule has 0 fully saturated rings. The molecule has 5 heteroatoms. The first kappa shape index (κ1) is 12.4. The monoisotopic (exact) mass is 252 g/mol. The number of anilines is 2. The molecule has 0 amide bonds. The van der Waals surface area contributed by atoms with Crippen LogP contribution in [0.4, 0.5) is 20.2 Å². The summed E-state index contributed by atoms with van der Waals surface area (Å²) in [5.74, 6) is -0.424. The third kappa shape index (κ3) is 2.30. The Morgan fingerprint density at radius 3 is 2.56 bits per heavy atom. The maximum absolute atomic E-state index is 13.7. The van der Waals surface area contributed by atoms with Gasteiger partial charge in [-0.2, -0.15) is 0 Å². The fourth-order valence-electron chi connectivity index (χ4n) is 1.83. The first-order valence-electron chi connectivity index (χ1n) is 5.49. The van der Waals surface area contributed by atoms with Crippen molar-refractivity contribution < 1.29 is 13.2 Å². The van der Waals surface area contributed by atoms with Crippen LogP contribution in [0.3, 0.4) is 0 Å². The molecule has 2 N–H and O–H groups in total. The lowest BCUT2D eigenvalue weighted by molar-refractivity contribution is 0.477. The Balaban J connectivity index is 2.28. The van der Waals surface area contributed by atoms with Gasteiger partial charge in [-0.15, -0.1) is 0 Å². The first-order chi connectivity index (χ1) is 8.49. The molecule has 0 saturated heterocycles. The minimum atomic E-state index is -0.944. The summed E-state index contributed by atoms with van der Waals surface area (Å²) in [6.07, 6.45) is 0. The van der Waals surface area contributed by atoms with Gasteiger partial charge < -0.3 is 15.1 Å². The number of hydrogen-bond donors (Lipinski definition) is 1. The molecule has 0 aliphatic rings. The van der Waals surface area contributed by atoms with Crippen LogP contribution in [0.25, 0.3) is 0 Å². The predicted octanol–water partition coefficient (Wildman–Crippen LogP) is 3.08. The van der Waals surface area contributed by atoms with Gasteiger partial charge in [0.05, 0.1) is 17.9 Å². The van der Waals surface area contributed by atoms with Gasteiger partial charge in [-0.05, 0) is 31.2 Å². The van der Waals surface area contributed by atoms with E-state index in [-0.39, 0.29) is 11.4 Å². The summed E-state index contributed by atoms with van der Waals surface area (Å²) < 4.78 is 32.3. The van der Waals surface area contributed by atoms with E-state index < -0.39 is 11.6 Å². The summed E-state index contributed by atoms with van der Waals surface area (Å²) in [5, 5.41) is 0. The molecule has 18 heavy (non-hydrogen) atoms. The van der Waals surface area contributed by atoms with Gasteiger partial charge in [0.1, 0.15) is 11.5 Å². The number of hydrogen-bond acceptors (Lipinski definition) is 3. The molecule has 0 unspecified atom stereocenters. The molecular formula is C13H14F2N2O. The van der Waals surface area contributed by atoms with Gasteiger partial charge in [0, 0.05) is 7.05 Å². The molecule has 0 aliphatic carbocycles. The highest BCUT2D eigenvalue weighted by Crippen LogP contribution is 2.29. The normalized spacial score (nSPS) is 10.7. The minimum absolute atomic E-state index is 0.0454. The first-order valence-corrected chi connectivity index (χ1v) is 5.49. The molecule has 0 radical (unpaired) electrons. The van der Waals surface area contributed by atoms with Crippen molar-refractivity contribution in [2.45, 2.75) is 13.5 Å². The molecule has 0 aliphatic heterocycles. The van der Waals surface area contributed by atoms with Crippen LogP contribution < -0.4 is 10.6 Å². The molecule has 1 heterocycles. The molecule has 2 aromatic rings. The van der Waals surface area contributed by atoms with Crippen LogP contribution in [0.2, 0.25) is 0 Å². The number of halogens is 2. The second kappa shape index (κ2) is 4.68. The largest absolute Gasteiger partial charge is 0.464 e. The highest BCUT2D eigenvalue weighted by molar-refractivity contribution is 5.68. The maximum atomic E-state index is 13.7. The van der Waals surface area contributed by atoms with Crippen molar-refractivity contribution in [3.8, 4) is 0 Å². The van der Waals surface area contributed by atoms with Crippen LogP contribution in [0.5, 0.6) is 0 Å². The average Bonchev–Trinajstić information content (AvgIpc) is 2.70. The number of nitrogen functional groups attached to an aromatic ring is 1. The summed E-state index contributed by atoms with van der Waals surface area (Å²) >= 11 is 0. The molecule has 0 spiro atoms. The number of benzene rings is 1. The summed E-state index contributed by atoms with van der Waals surface area (Å²) in [4.78, 5) is 1.52. The van der Waals surface area contributed by atoms with Crippen molar-refractivity contribution in [1.29, 1.82) is 0 Å². The summed E-state index contributed by atoms with van der Waals surface area (Å²) in [5.41, 5.74) is 5.91. The Labute approximate surface area is 104 Å². The van der Waals surface area contributed by atoms with Crippen molar-refractivity contribution in [2.24, 2.45) is 0 Å². The average molecular weight is 252 g/mol. The highest BCUT2D eigenvalue weighted by atomic mass is 19.2. The molecule has 2 rings (SSSR count). The van der Waals surface area contributed by atoms with Gasteiger partial charge in [0.25, 0.3) is 0 Å². The topological polar surface area (TPSA) is 42.4 Å². The minimum Gasteiger partial charge on any atom is -0.464 e. The zero-order valence-corrected chi connectivity index (χ0v) is 10.2. The molecule has 3 nitrogen and oxygen atoms in total. The van der Waals surface area contributed by atoms with Gasteiger partial charge in [-0.1, -0.05) is 0 Å². The van der Waals surface area contributed by atoms with Gasteiger partial charge in [-0.25, -0.2) is 8.78 Å². The van der Waals surface area contributed by atoms with Crippen molar-refractivity contribution in [3.05, 3.63) is 47.4 Å². The van der Waals surface area contributed by atoms with Gasteiger partial charge >= 0.3 is 0 Å². The maximum Gasteiger partial charge on any atom is 0.184 e. The van der Waals surface area contributed by atoms with E-state index in [0.717, 1.165) is 11.8 Å². The number of rotatable bonds is 3. The second-order valence-electron chi connectivity index (χ2n) is 4.17. The van der Waals surface area contributed by atoms with Crippen molar-refractivity contribution >= 4 is 11.4 Å². The predicted molar refractivity (Wildman–Crippen MR) is 66.3 cm³/mol. The zero-order valence-electron chi connectivity index (χ0n) is 10.2. The van der Waals surface area contributed by atoms with Crippen molar-refractivity contribution in [1.82, 2.24) is 0 Å². The lowest BCUT2D eigenvalue weighted by Crippen LogP contribution is -2.19. The molecule has 0 atom stereocenters. The molecule has 96 valence electrons. The fourth-order valence-corrected chi connectivity index (χ4v) is 1.83. The summed E-state index contributed by atoms with van der Waals surface area (Å²) in [7, 11) is 1.63. The Morgan fingerprint density at radius 1 is 1.22 bits per heavy atom. The number of aryl methyl sites for hydroxylation is 1. The molecule has 0 saturated carbocycles. The Morgan fingerprint density at radius 2 is 1.94 bits per heavy atom. The van der Waals surface area contributed by atoms with E-state index in [1.165, 1.54) is 11.0 Å². The third-order valence-electron chi connectivity index (χ3n) is 2.67. The summed E-state index contributed by atoms with van der Waals surface area (Å²) in [6.45, 7) is 2.14. The molecular weight excluding hydrogens is 238 g/mol. The molecule has 1 aromatic carbocycles. The van der Waals surface area contributed by atoms with Gasteiger partial charge in [0.15, 0.2) is 11.6 Å². The van der Waals surface area contributed by atoms with Gasteiger partial charge in [0.2, 0.25) is 0 Å². The van der Waals surface area contributed by atoms with Crippen LogP contribution in [0.15, 0.2) is 28.7 Å². The van der Waals surface area contributed by atoms with E-state index in [4.69, 9.17) is 10.2 Å². The highest BCUT2D eigenvalue weighted by Gasteiger charge is 2.16. The smallest absolute Gasteiger partial charge is 0.184 e. The lowest BCUT2D eigenvalue weighted by atomic mass is 10.2. The van der Waals surface area contributed by atoms with Crippen LogP contribution in [0.1, 0.15) is 11.5 Å². The number of nitrogens with zero attached hydrogens (tertiary/aromatic N) is 1. The van der Waals surface area contributed by atoms with E-state index in [2.05, 4.69) is 0 Å². The van der Waals surface area contributed by atoms with Crippen molar-refractivity contribution in [3.63, 3.8) is 0 Å². The quantitative estimate of drug-likeness (QED) is 0.853. The van der Waals surface area contributed by atoms with E-state index >= 15 is 0 Å². The lowest BCUT2D eigenvalue weighted by Gasteiger charge is -2.20. The Hall–Kier alpha value is -2.04. The Bertz CT molecular complexity index is 566. The van der Waals surface area contributed by atoms with Gasteiger partial charge in [-0.3, -0.25) is 0 Å². The SMILES string of the molecule is Cc1ccc(CN(C)c2c(N)ccc(F)c2F)o1. The van der Waals surface area contributed by atoms with E-state index in [1.807, 2.05) is 13.0 Å². The van der Waals surface area contributed by atoms with Crippen molar-refractivity contribution in [2.75, 3.05) is 17.7 Å². The van der Waals surface area contributed by atoms with E-state index in [9.17, 15) is 8.78 Å². The van der Waals surface area contributed by atoms with Crippen LogP contribution in [-0.4, -0.2) is 7.05 Å². The number of furan rings is 1. The van der Waals surface area contributed by atoms with Crippen LogP contribution in [-0.2, 0) is 6.54 Å². The zero-order chi connectivity index (χ0) is 13.3. The molecule has 0 bridgehead atoms. The standard InChI is InChI=1S/C13H14F2N2O/c1-8-3-4-9(18-8)7-17(2)13-11(16)6-5-10(14)12(13)15/h3-6H,7,16H2,1-2H3. The van der Waals surface area contributed by atoms with Crippen LogP contribution >= 0.6 is 0 Å². The third-order valence-corrected chi connectivity index (χ3v) is 2.67. The van der Waals surface area contributed by atoms with E-state index in [0.29, 0.717) is 12.3 Å². The van der Waals surface area contributed by atoms with Crippen LogP contribution in [0, 0.1) is 18.6 Å². The fraction of sp³-hybridized carbons (Fsp3) is 0.231. The van der Waals surface area contributed by atoms with E-state index in [1.54, 1.807) is 13.1 Å². The summed E-state index contributed by atoms with van der Waals surface area (Å²) in [6, 6.07) is 5.96. The Kier molecular flexibility index (Phi) is 3.23.